The number of quaternary nitrogens is 1. The maximum atomic E-state index is 10.9. The van der Waals surface area contributed by atoms with Gasteiger partial charge in [-0.25, -0.2) is 4.98 Å². The Hall–Kier alpha value is -2.57. The van der Waals surface area contributed by atoms with Gasteiger partial charge in [0.05, 0.1) is 28.9 Å². The van der Waals surface area contributed by atoms with E-state index < -0.39 is 4.92 Å². The summed E-state index contributed by atoms with van der Waals surface area (Å²) in [6.45, 7) is 6.31. The molecule has 0 saturated carbocycles. The Balaban J connectivity index is 0.00000261. The fraction of sp³-hybridized carbons (Fsp3) is 0.300. The molecule has 2 aromatic carbocycles. The summed E-state index contributed by atoms with van der Waals surface area (Å²) < 4.78 is 0. The van der Waals surface area contributed by atoms with Crippen LogP contribution in [0.2, 0.25) is 0 Å². The van der Waals surface area contributed by atoms with Crippen molar-refractivity contribution in [2.75, 3.05) is 13.1 Å². The highest BCUT2D eigenvalue weighted by Gasteiger charge is 2.19. The fourth-order valence-corrected chi connectivity index (χ4v) is 3.06. The summed E-state index contributed by atoms with van der Waals surface area (Å²) in [5, 5.41) is 11.9. The molecule has 0 aliphatic carbocycles. The Labute approximate surface area is 164 Å². The number of para-hydroxylation sites is 1. The number of hydrogen-bond acceptors (Lipinski definition) is 4. The van der Waals surface area contributed by atoms with Gasteiger partial charge in [0.2, 0.25) is 5.82 Å². The lowest BCUT2D eigenvalue weighted by Gasteiger charge is -2.18. The van der Waals surface area contributed by atoms with Crippen molar-refractivity contribution in [3.05, 3.63) is 58.6 Å². The van der Waals surface area contributed by atoms with Gasteiger partial charge in [-0.1, -0.05) is 25.5 Å². The van der Waals surface area contributed by atoms with Crippen LogP contribution in [-0.4, -0.2) is 28.0 Å². The van der Waals surface area contributed by atoms with Gasteiger partial charge in [0.1, 0.15) is 0 Å². The molecule has 3 rings (SSSR count). The standard InChI is InChI=1S/C20H22N4O2.ClH/c1-3-5-14-23(4-2)20-17-8-6-7-9-18(17)21-19(22-20)15-10-12-16(13-11-15)24(25)26;/h6-13H,3-5,14H2,1-2H3;1H. The second kappa shape index (κ2) is 9.39. The number of nitrogens with one attached hydrogen (secondary N) is 1. The molecule has 1 aromatic heterocycles. The minimum atomic E-state index is -0.399. The van der Waals surface area contributed by atoms with E-state index in [1.165, 1.54) is 17.0 Å². The summed E-state index contributed by atoms with van der Waals surface area (Å²) >= 11 is 0. The van der Waals surface area contributed by atoms with E-state index in [1.54, 1.807) is 12.1 Å². The summed E-state index contributed by atoms with van der Waals surface area (Å²) in [6, 6.07) is 14.4. The smallest absolute Gasteiger partial charge is 0.269 e. The molecule has 0 radical (unpaired) electrons. The number of hydrogen-bond donors (Lipinski definition) is 1. The number of aromatic nitrogens is 2. The van der Waals surface area contributed by atoms with Crippen molar-refractivity contribution in [1.29, 1.82) is 0 Å². The van der Waals surface area contributed by atoms with Crippen molar-refractivity contribution in [3.63, 3.8) is 0 Å². The van der Waals surface area contributed by atoms with Crippen LogP contribution in [0.3, 0.4) is 0 Å². The first-order valence-corrected chi connectivity index (χ1v) is 9.00. The number of fused-ring (bicyclic) bond motifs is 1. The zero-order valence-corrected chi connectivity index (χ0v) is 16.2. The van der Waals surface area contributed by atoms with Crippen LogP contribution >= 0.6 is 0 Å². The lowest BCUT2D eigenvalue weighted by Crippen LogP contribution is -3.07. The molecular formula is C20H23ClN4O2. The summed E-state index contributed by atoms with van der Waals surface area (Å²) in [5.41, 5.74) is 1.75. The number of non-ortho nitro benzene ring substituents is 1. The topological polar surface area (TPSA) is 73.4 Å². The summed E-state index contributed by atoms with van der Waals surface area (Å²) in [4.78, 5) is 21.3. The average molecular weight is 387 g/mol. The van der Waals surface area contributed by atoms with E-state index in [0.717, 1.165) is 48.2 Å². The highest BCUT2D eigenvalue weighted by molar-refractivity contribution is 5.87. The number of halogens is 1. The molecule has 27 heavy (non-hydrogen) atoms. The van der Waals surface area contributed by atoms with Gasteiger partial charge in [0.25, 0.3) is 5.69 Å². The molecule has 3 aromatic rings. The van der Waals surface area contributed by atoms with Gasteiger partial charge in [-0.05, 0) is 37.6 Å². The van der Waals surface area contributed by atoms with Gasteiger partial charge < -0.3 is 12.4 Å². The first kappa shape index (κ1) is 20.7. The maximum Gasteiger partial charge on any atom is 0.269 e. The molecule has 0 spiro atoms. The molecule has 0 fully saturated rings. The van der Waals surface area contributed by atoms with Gasteiger partial charge in [-0.15, -0.1) is 0 Å². The van der Waals surface area contributed by atoms with Crippen LogP contribution in [0.15, 0.2) is 48.5 Å². The SMILES string of the molecule is CCCC[NH+](CC)c1nc(-c2ccc([N+](=O)[O-])cc2)nc2ccccc12.[Cl-]. The van der Waals surface area contributed by atoms with Crippen LogP contribution in [-0.2, 0) is 0 Å². The minimum absolute atomic E-state index is 0. The van der Waals surface area contributed by atoms with Crippen molar-refractivity contribution in [2.24, 2.45) is 0 Å². The third-order valence-corrected chi connectivity index (χ3v) is 4.53. The Bertz CT molecular complexity index is 916. The largest absolute Gasteiger partial charge is 1.00 e. The minimum Gasteiger partial charge on any atom is -1.00 e. The molecule has 0 aliphatic rings. The van der Waals surface area contributed by atoms with Crippen molar-refractivity contribution in [1.82, 2.24) is 9.97 Å². The van der Waals surface area contributed by atoms with Crippen LogP contribution in [0, 0.1) is 10.1 Å². The molecule has 1 heterocycles. The van der Waals surface area contributed by atoms with E-state index in [9.17, 15) is 10.1 Å². The normalized spacial score (nSPS) is 11.8. The molecule has 1 N–H and O–H groups in total. The first-order valence-electron chi connectivity index (χ1n) is 9.00. The van der Waals surface area contributed by atoms with Crippen LogP contribution in [0.5, 0.6) is 0 Å². The molecule has 0 amide bonds. The maximum absolute atomic E-state index is 10.9. The number of rotatable bonds is 7. The van der Waals surface area contributed by atoms with E-state index in [1.807, 2.05) is 18.2 Å². The first-order chi connectivity index (χ1) is 12.6. The number of nitro groups is 1. The van der Waals surface area contributed by atoms with Crippen LogP contribution in [0.4, 0.5) is 11.5 Å². The molecule has 6 nitrogen and oxygen atoms in total. The second-order valence-electron chi connectivity index (χ2n) is 6.28. The molecule has 142 valence electrons. The molecule has 7 heteroatoms. The van der Waals surface area contributed by atoms with Gasteiger partial charge >= 0.3 is 0 Å². The van der Waals surface area contributed by atoms with E-state index in [-0.39, 0.29) is 18.1 Å². The lowest BCUT2D eigenvalue weighted by atomic mass is 10.1. The Morgan fingerprint density at radius 2 is 1.74 bits per heavy atom. The molecular weight excluding hydrogens is 364 g/mol. The molecule has 0 bridgehead atoms. The zero-order valence-electron chi connectivity index (χ0n) is 15.5. The van der Waals surface area contributed by atoms with Crippen LogP contribution in [0.25, 0.3) is 22.3 Å². The molecule has 0 aliphatic heterocycles. The zero-order chi connectivity index (χ0) is 18.5. The Kier molecular flexibility index (Phi) is 7.21. The van der Waals surface area contributed by atoms with Gasteiger partial charge in [0.15, 0.2) is 5.82 Å². The number of nitro benzene ring substituents is 1. The third-order valence-electron chi connectivity index (χ3n) is 4.53. The summed E-state index contributed by atoms with van der Waals surface area (Å²) in [5.74, 6) is 1.61. The predicted molar refractivity (Wildman–Crippen MR) is 103 cm³/mol. The van der Waals surface area contributed by atoms with E-state index in [0.29, 0.717) is 5.82 Å². The molecule has 1 atom stereocenters. The monoisotopic (exact) mass is 386 g/mol. The molecule has 0 saturated heterocycles. The molecule has 1 unspecified atom stereocenters. The van der Waals surface area contributed by atoms with Gasteiger partial charge in [0, 0.05) is 17.7 Å². The summed E-state index contributed by atoms with van der Waals surface area (Å²) in [6.07, 6.45) is 2.27. The highest BCUT2D eigenvalue weighted by atomic mass is 35.5. The van der Waals surface area contributed by atoms with Crippen molar-refractivity contribution in [2.45, 2.75) is 26.7 Å². The average Bonchev–Trinajstić information content (AvgIpc) is 2.68. The van der Waals surface area contributed by atoms with Crippen molar-refractivity contribution >= 4 is 22.4 Å². The summed E-state index contributed by atoms with van der Waals surface area (Å²) in [7, 11) is 0. The Morgan fingerprint density at radius 1 is 1.04 bits per heavy atom. The number of nitrogens with zero attached hydrogens (tertiary/aromatic N) is 3. The van der Waals surface area contributed by atoms with E-state index in [4.69, 9.17) is 4.98 Å². The van der Waals surface area contributed by atoms with Crippen molar-refractivity contribution in [3.8, 4) is 11.4 Å². The number of benzene rings is 2. The van der Waals surface area contributed by atoms with E-state index >= 15 is 0 Å². The lowest BCUT2D eigenvalue weighted by molar-refractivity contribution is -0.832. The van der Waals surface area contributed by atoms with Crippen molar-refractivity contribution < 1.29 is 22.2 Å². The second-order valence-corrected chi connectivity index (χ2v) is 6.28. The number of unbranched alkanes of at least 4 members (excludes halogenated alkanes) is 1. The predicted octanol–water partition coefficient (Wildman–Crippen LogP) is 0.545. The van der Waals surface area contributed by atoms with Crippen LogP contribution in [0.1, 0.15) is 26.7 Å². The van der Waals surface area contributed by atoms with Gasteiger partial charge in [-0.2, -0.15) is 4.98 Å². The third kappa shape index (κ3) is 4.59. The Morgan fingerprint density at radius 3 is 2.37 bits per heavy atom. The highest BCUT2D eigenvalue weighted by Crippen LogP contribution is 2.24. The quantitative estimate of drug-likeness (QED) is 0.475. The van der Waals surface area contributed by atoms with Gasteiger partial charge in [-0.3, -0.25) is 15.0 Å². The van der Waals surface area contributed by atoms with E-state index in [2.05, 4.69) is 24.9 Å². The fourth-order valence-electron chi connectivity index (χ4n) is 3.06. The van der Waals surface area contributed by atoms with Crippen LogP contribution < -0.4 is 17.3 Å².